The third-order valence-corrected chi connectivity index (χ3v) is 14.6. The molecule has 3 aliphatic heterocycles. The van der Waals surface area contributed by atoms with Crippen LogP contribution >= 0.6 is 23.1 Å². The summed E-state index contributed by atoms with van der Waals surface area (Å²) in [7, 11) is 0. The van der Waals surface area contributed by atoms with Crippen LogP contribution in [0.3, 0.4) is 0 Å². The van der Waals surface area contributed by atoms with E-state index in [0.717, 1.165) is 39.2 Å². The zero-order valence-corrected chi connectivity index (χ0v) is 40.0. The predicted molar refractivity (Wildman–Crippen MR) is 259 cm³/mol. The minimum Gasteiger partial charge on any atom is -0.450 e. The Morgan fingerprint density at radius 3 is 1.79 bits per heavy atom. The van der Waals surface area contributed by atoms with Crippen molar-refractivity contribution in [1.29, 1.82) is 0 Å². The number of thioether (sulfide) groups is 1. The van der Waals surface area contributed by atoms with Crippen LogP contribution in [-0.2, 0) is 38.2 Å². The second-order valence-electron chi connectivity index (χ2n) is 18.1. The zero-order chi connectivity index (χ0) is 49.2. The van der Waals surface area contributed by atoms with Gasteiger partial charge in [0.2, 0.25) is 16.4 Å². The Balaban J connectivity index is 0.994. The maximum Gasteiger partial charge on any atom is 0.413 e. The van der Waals surface area contributed by atoms with Gasteiger partial charge in [0.1, 0.15) is 22.7 Å². The fraction of sp³-hybridized carbons (Fsp3) is 0.320. The van der Waals surface area contributed by atoms with Crippen molar-refractivity contribution >= 4 is 69.8 Å². The van der Waals surface area contributed by atoms with E-state index in [2.05, 4.69) is 20.8 Å². The van der Waals surface area contributed by atoms with Crippen molar-refractivity contribution in [1.82, 2.24) is 25.1 Å². The largest absolute Gasteiger partial charge is 0.450 e. The molecule has 0 unspecified atom stereocenters. The number of ether oxygens (including phenoxy) is 3. The van der Waals surface area contributed by atoms with Gasteiger partial charge in [-0.1, -0.05) is 138 Å². The number of nitrogens with one attached hydrogen (secondary N) is 2. The van der Waals surface area contributed by atoms with Crippen molar-refractivity contribution in [3.8, 4) is 0 Å². The van der Waals surface area contributed by atoms with E-state index in [1.165, 1.54) is 15.2 Å². The molecule has 1 saturated carbocycles. The SMILES string of the molecule is CC(C)(C)OC(=O)Nc1nc(/C(=N/OC2(C(=O)OC(c3ccccc3)c3ccccc3)CCC2)C(=O)N[C@@H]2C(=O)N3C[C@@](C(=O)OC(c4ccccc4)c4ccccc4)(N4CCN(N)C4=O)S[C@@H]23)cs1. The molecule has 0 spiro atoms. The van der Waals surface area contributed by atoms with Crippen LogP contribution in [0.1, 0.15) is 80.2 Å². The van der Waals surface area contributed by atoms with Gasteiger partial charge in [-0.25, -0.2) is 30.0 Å². The monoisotopic (exact) mass is 986 g/mol. The second-order valence-corrected chi connectivity index (χ2v) is 20.3. The number of thiazole rings is 1. The first kappa shape index (κ1) is 47.8. The molecule has 5 aromatic rings. The smallest absolute Gasteiger partial charge is 0.413 e. The number of carbonyl (C=O) groups is 6. The van der Waals surface area contributed by atoms with Crippen molar-refractivity contribution < 1.29 is 47.8 Å². The van der Waals surface area contributed by atoms with Gasteiger partial charge in [0, 0.05) is 24.8 Å². The number of hydrogen-bond acceptors (Lipinski definition) is 15. The van der Waals surface area contributed by atoms with Crippen LogP contribution in [0.25, 0.3) is 0 Å². The lowest BCUT2D eigenvalue weighted by Crippen LogP contribution is -2.68. The van der Waals surface area contributed by atoms with E-state index in [1.54, 1.807) is 20.8 Å². The van der Waals surface area contributed by atoms with Gasteiger partial charge < -0.3 is 29.3 Å². The Morgan fingerprint density at radius 2 is 1.31 bits per heavy atom. The molecule has 4 N–H and O–H groups in total. The molecule has 20 heteroatoms. The number of benzene rings is 4. The first-order valence-electron chi connectivity index (χ1n) is 22.6. The van der Waals surface area contributed by atoms with Crippen LogP contribution in [0.5, 0.6) is 0 Å². The molecule has 362 valence electrons. The first-order chi connectivity index (χ1) is 33.6. The molecule has 1 aliphatic carbocycles. The molecule has 5 amide bonds. The highest BCUT2D eigenvalue weighted by molar-refractivity contribution is 8.02. The summed E-state index contributed by atoms with van der Waals surface area (Å²) in [4.78, 5) is 95.6. The highest BCUT2D eigenvalue weighted by Gasteiger charge is 2.67. The van der Waals surface area contributed by atoms with E-state index in [0.29, 0.717) is 17.5 Å². The number of aromatic nitrogens is 1. The van der Waals surface area contributed by atoms with Gasteiger partial charge in [-0.15, -0.1) is 11.3 Å². The van der Waals surface area contributed by atoms with Crippen LogP contribution in [0.4, 0.5) is 14.7 Å². The molecule has 0 bridgehead atoms. The molecular weight excluding hydrogens is 937 g/mol. The van der Waals surface area contributed by atoms with Gasteiger partial charge in [-0.3, -0.25) is 24.8 Å². The minimum atomic E-state index is -1.77. The van der Waals surface area contributed by atoms with E-state index in [4.69, 9.17) is 24.9 Å². The van der Waals surface area contributed by atoms with Crippen molar-refractivity contribution in [2.45, 2.75) is 79.7 Å². The number of hydrazine groups is 1. The van der Waals surface area contributed by atoms with Gasteiger partial charge in [-0.05, 0) is 49.4 Å². The van der Waals surface area contributed by atoms with Crippen LogP contribution in [0.2, 0.25) is 0 Å². The van der Waals surface area contributed by atoms with Crippen molar-refractivity contribution in [2.24, 2.45) is 11.0 Å². The molecule has 3 saturated heterocycles. The Hall–Kier alpha value is -7.29. The number of β-lactam (4-membered cyclic amide) rings is 1. The fourth-order valence-corrected chi connectivity index (χ4v) is 10.8. The Kier molecular flexibility index (Phi) is 13.4. The first-order valence-corrected chi connectivity index (χ1v) is 24.4. The number of esters is 2. The lowest BCUT2D eigenvalue weighted by atomic mass is 9.80. The Bertz CT molecular complexity index is 2710. The average Bonchev–Trinajstić information content (AvgIpc) is 4.06. The van der Waals surface area contributed by atoms with E-state index in [1.807, 2.05) is 121 Å². The summed E-state index contributed by atoms with van der Waals surface area (Å²) in [5, 5.41) is 11.3. The third-order valence-electron chi connectivity index (χ3n) is 12.2. The number of amides is 5. The molecule has 1 aromatic heterocycles. The highest BCUT2D eigenvalue weighted by Crippen LogP contribution is 2.51. The zero-order valence-electron chi connectivity index (χ0n) is 38.4. The lowest BCUT2D eigenvalue weighted by molar-refractivity contribution is -0.189. The highest BCUT2D eigenvalue weighted by atomic mass is 32.2. The molecule has 4 heterocycles. The number of nitrogens with two attached hydrogens (primary N) is 1. The number of rotatable bonds is 15. The van der Waals surface area contributed by atoms with E-state index in [9.17, 15) is 28.8 Å². The quantitative estimate of drug-likeness (QED) is 0.0194. The maximum atomic E-state index is 14.8. The second kappa shape index (κ2) is 19.6. The van der Waals surface area contributed by atoms with E-state index >= 15 is 0 Å². The normalized spacial score (nSPS) is 20.6. The van der Waals surface area contributed by atoms with Gasteiger partial charge in [0.05, 0.1) is 13.1 Å². The number of anilines is 1. The van der Waals surface area contributed by atoms with Crippen molar-refractivity contribution in [3.63, 3.8) is 0 Å². The lowest BCUT2D eigenvalue weighted by Gasteiger charge is -2.41. The molecule has 4 fully saturated rings. The molecule has 70 heavy (non-hydrogen) atoms. The number of oxime groups is 1. The van der Waals surface area contributed by atoms with Gasteiger partial charge in [0.25, 0.3) is 5.91 Å². The number of urea groups is 1. The molecule has 4 aromatic carbocycles. The molecule has 9 rings (SSSR count). The molecule has 3 atom stereocenters. The minimum absolute atomic E-state index is 0.0537. The maximum absolute atomic E-state index is 14.8. The van der Waals surface area contributed by atoms with Gasteiger partial charge in [-0.2, -0.15) is 0 Å². The van der Waals surface area contributed by atoms with Gasteiger partial charge in [0.15, 0.2) is 23.1 Å². The Morgan fingerprint density at radius 1 is 0.786 bits per heavy atom. The summed E-state index contributed by atoms with van der Waals surface area (Å²) in [6, 6.07) is 34.9. The number of nitrogens with zero attached hydrogens (tertiary/aromatic N) is 5. The summed E-state index contributed by atoms with van der Waals surface area (Å²) < 4.78 is 17.9. The summed E-state index contributed by atoms with van der Waals surface area (Å²) in [6.45, 7) is 5.03. The Labute approximate surface area is 411 Å². The molecule has 0 radical (unpaired) electrons. The number of fused-ring (bicyclic) bond motifs is 1. The number of hydrogen-bond donors (Lipinski definition) is 3. The van der Waals surface area contributed by atoms with Crippen molar-refractivity contribution in [2.75, 3.05) is 25.0 Å². The van der Waals surface area contributed by atoms with E-state index in [-0.39, 0.29) is 43.3 Å². The summed E-state index contributed by atoms with van der Waals surface area (Å²) in [5.41, 5.74) is -0.0409. The van der Waals surface area contributed by atoms with Crippen molar-refractivity contribution in [3.05, 3.63) is 155 Å². The number of carbonyl (C=O) groups excluding carboxylic acids is 6. The van der Waals surface area contributed by atoms with Gasteiger partial charge >= 0.3 is 24.1 Å². The van der Waals surface area contributed by atoms with Crippen LogP contribution in [0, 0.1) is 0 Å². The summed E-state index contributed by atoms with van der Waals surface area (Å²) in [6.07, 6.45) is -1.40. The third kappa shape index (κ3) is 9.66. The predicted octanol–water partition coefficient (Wildman–Crippen LogP) is 6.51. The van der Waals surface area contributed by atoms with Crippen LogP contribution in [0.15, 0.2) is 132 Å². The van der Waals surface area contributed by atoms with E-state index < -0.39 is 81.3 Å². The molecule has 18 nitrogen and oxygen atoms in total. The standard InChI is InChI=1S/C50H50N8O10S2/c1-48(2,3)67-46(63)54-45-52-35(29-69-45)36(55-68-49(25-16-26-49)43(61)65-38(31-17-8-4-9-18-31)32-19-10-5-11-20-32)40(59)53-37-41(60)56-30-50(70-42(37)56,57-27-28-58(51)47(57)64)44(62)66-39(33-21-12-6-13-22-33)34-23-14-7-15-24-34/h4-15,17-24,29,37-39,42H,16,25-28,30,51H2,1-3H3,(H,53,59)(H,52,54,63)/b55-36-/t37-,42+,50-/m1/s1. The summed E-state index contributed by atoms with van der Waals surface area (Å²) >= 11 is 1.97. The summed E-state index contributed by atoms with van der Waals surface area (Å²) in [5.74, 6) is 3.11. The molecule has 4 aliphatic rings. The fourth-order valence-electron chi connectivity index (χ4n) is 8.48. The van der Waals surface area contributed by atoms with Crippen LogP contribution < -0.4 is 16.5 Å². The van der Waals surface area contributed by atoms with Crippen LogP contribution in [-0.4, -0.2) is 109 Å². The topological polar surface area (TPSA) is 224 Å². The average molecular weight is 987 g/mol. The molecular formula is C50H50N8O10S2.